The fourth-order valence-electron chi connectivity index (χ4n) is 2.16. The molecule has 0 aliphatic heterocycles. The van der Waals surface area contributed by atoms with Crippen LogP contribution in [-0.4, -0.2) is 29.8 Å². The normalized spacial score (nSPS) is 10.4. The summed E-state index contributed by atoms with van der Waals surface area (Å²) in [6, 6.07) is 8.74. The predicted molar refractivity (Wildman–Crippen MR) is 98.1 cm³/mol. The number of likely N-dealkylation sites (N-methyl/N-ethyl adjacent to an activating group) is 1. The molecular formula is C17H14Cl3FN2O2. The fraction of sp³-hybridized carbons (Fsp3) is 0.176. The van der Waals surface area contributed by atoms with Gasteiger partial charge in [-0.15, -0.1) is 0 Å². The lowest BCUT2D eigenvalue weighted by atomic mass is 10.2. The Hall–Kier alpha value is -1.82. The number of para-hydroxylation sites is 1. The number of hydrogen-bond acceptors (Lipinski definition) is 2. The molecule has 8 heteroatoms. The van der Waals surface area contributed by atoms with Gasteiger partial charge in [0.2, 0.25) is 5.91 Å². The van der Waals surface area contributed by atoms with Crippen LogP contribution in [0, 0.1) is 5.82 Å². The molecule has 0 atom stereocenters. The Morgan fingerprint density at radius 1 is 1.04 bits per heavy atom. The maximum absolute atomic E-state index is 13.9. The summed E-state index contributed by atoms with van der Waals surface area (Å²) < 4.78 is 13.9. The SMILES string of the molecule is CCN(CC(=O)Nc1c(Cl)cccc1Cl)C(=O)c1c(F)cccc1Cl. The van der Waals surface area contributed by atoms with Gasteiger partial charge in [-0.1, -0.05) is 46.9 Å². The van der Waals surface area contributed by atoms with Crippen molar-refractivity contribution < 1.29 is 14.0 Å². The molecular weight excluding hydrogens is 390 g/mol. The Labute approximate surface area is 159 Å². The summed E-state index contributed by atoms with van der Waals surface area (Å²) in [7, 11) is 0. The molecule has 1 N–H and O–H groups in total. The summed E-state index contributed by atoms with van der Waals surface area (Å²) in [5, 5.41) is 3.08. The van der Waals surface area contributed by atoms with E-state index < -0.39 is 17.6 Å². The van der Waals surface area contributed by atoms with Crippen molar-refractivity contribution in [3.63, 3.8) is 0 Å². The molecule has 2 rings (SSSR count). The molecule has 2 amide bonds. The van der Waals surface area contributed by atoms with Crippen LogP contribution in [0.25, 0.3) is 0 Å². The van der Waals surface area contributed by atoms with Crippen molar-refractivity contribution in [1.29, 1.82) is 0 Å². The molecule has 0 unspecified atom stereocenters. The molecule has 0 aliphatic carbocycles. The molecule has 2 aromatic carbocycles. The standard InChI is InChI=1S/C17H14Cl3FN2O2/c1-2-23(17(25)15-10(18)5-4-8-13(15)21)9-14(24)22-16-11(19)6-3-7-12(16)20/h3-8H,2,9H2,1H3,(H,22,24). The van der Waals surface area contributed by atoms with E-state index in [1.54, 1.807) is 25.1 Å². The van der Waals surface area contributed by atoms with Gasteiger partial charge in [0.15, 0.2) is 0 Å². The second-order valence-electron chi connectivity index (χ2n) is 5.06. The number of benzene rings is 2. The number of anilines is 1. The van der Waals surface area contributed by atoms with Crippen molar-refractivity contribution in [2.75, 3.05) is 18.4 Å². The molecule has 0 aliphatic rings. The molecule has 4 nitrogen and oxygen atoms in total. The maximum atomic E-state index is 13.9. The van der Waals surface area contributed by atoms with Crippen molar-refractivity contribution in [3.05, 3.63) is 62.8 Å². The second-order valence-corrected chi connectivity index (χ2v) is 6.28. The van der Waals surface area contributed by atoms with Gasteiger partial charge in [-0.3, -0.25) is 9.59 Å². The predicted octanol–water partition coefficient (Wildman–Crippen LogP) is 4.89. The third kappa shape index (κ3) is 4.63. The molecule has 0 fully saturated rings. The highest BCUT2D eigenvalue weighted by atomic mass is 35.5. The zero-order chi connectivity index (χ0) is 18.6. The number of nitrogens with one attached hydrogen (secondary N) is 1. The Morgan fingerprint density at radius 2 is 1.60 bits per heavy atom. The Kier molecular flexibility index (Phi) is 6.64. The number of amides is 2. The smallest absolute Gasteiger partial charge is 0.258 e. The number of halogens is 4. The van der Waals surface area contributed by atoms with Crippen LogP contribution in [0.15, 0.2) is 36.4 Å². The molecule has 0 spiro atoms. The van der Waals surface area contributed by atoms with Gasteiger partial charge < -0.3 is 10.2 Å². The lowest BCUT2D eigenvalue weighted by Gasteiger charge is -2.21. The van der Waals surface area contributed by atoms with Crippen molar-refractivity contribution in [2.24, 2.45) is 0 Å². The van der Waals surface area contributed by atoms with Crippen molar-refractivity contribution >= 4 is 52.3 Å². The molecule has 0 aromatic heterocycles. The number of carbonyl (C=O) groups excluding carboxylic acids is 2. The first-order valence-electron chi connectivity index (χ1n) is 7.32. The second kappa shape index (κ2) is 8.52. The molecule has 25 heavy (non-hydrogen) atoms. The third-order valence-electron chi connectivity index (χ3n) is 3.41. The van der Waals surface area contributed by atoms with Crippen LogP contribution >= 0.6 is 34.8 Å². The van der Waals surface area contributed by atoms with Gasteiger partial charge >= 0.3 is 0 Å². The Bertz CT molecular complexity index is 774. The summed E-state index contributed by atoms with van der Waals surface area (Å²) in [4.78, 5) is 25.9. The van der Waals surface area contributed by atoms with Crippen LogP contribution in [0.3, 0.4) is 0 Å². The Balaban J connectivity index is 2.16. The molecule has 132 valence electrons. The van der Waals surface area contributed by atoms with Gasteiger partial charge in [0.25, 0.3) is 5.91 Å². The average Bonchev–Trinajstić information content (AvgIpc) is 2.56. The van der Waals surface area contributed by atoms with Gasteiger partial charge in [-0.05, 0) is 31.2 Å². The summed E-state index contributed by atoms with van der Waals surface area (Å²) in [6.07, 6.45) is 0. The maximum Gasteiger partial charge on any atom is 0.258 e. The summed E-state index contributed by atoms with van der Waals surface area (Å²) in [5.74, 6) is -1.94. The summed E-state index contributed by atoms with van der Waals surface area (Å²) in [6.45, 7) is 1.55. The highest BCUT2D eigenvalue weighted by Gasteiger charge is 2.23. The molecule has 0 saturated heterocycles. The quantitative estimate of drug-likeness (QED) is 0.773. The van der Waals surface area contributed by atoms with E-state index in [0.717, 1.165) is 6.07 Å². The van der Waals surface area contributed by atoms with Gasteiger partial charge in [0.1, 0.15) is 12.4 Å². The first kappa shape index (κ1) is 19.5. The lowest BCUT2D eigenvalue weighted by Crippen LogP contribution is -2.38. The van der Waals surface area contributed by atoms with Crippen LogP contribution < -0.4 is 5.32 Å². The zero-order valence-corrected chi connectivity index (χ0v) is 15.4. The number of nitrogens with zero attached hydrogens (tertiary/aromatic N) is 1. The van der Waals surface area contributed by atoms with Gasteiger partial charge in [-0.2, -0.15) is 0 Å². The minimum absolute atomic E-state index is 0.0157. The van der Waals surface area contributed by atoms with Crippen LogP contribution in [0.1, 0.15) is 17.3 Å². The Morgan fingerprint density at radius 3 is 2.16 bits per heavy atom. The third-order valence-corrected chi connectivity index (χ3v) is 4.35. The number of hydrogen-bond donors (Lipinski definition) is 1. The molecule has 0 saturated carbocycles. The van der Waals surface area contributed by atoms with Crippen molar-refractivity contribution in [3.8, 4) is 0 Å². The largest absolute Gasteiger partial charge is 0.329 e. The fourth-order valence-corrected chi connectivity index (χ4v) is 2.89. The van der Waals surface area contributed by atoms with E-state index in [1.807, 2.05) is 0 Å². The van der Waals surface area contributed by atoms with Crippen LogP contribution in [0.5, 0.6) is 0 Å². The van der Waals surface area contributed by atoms with Gasteiger partial charge in [0.05, 0.1) is 26.3 Å². The summed E-state index contributed by atoms with van der Waals surface area (Å²) >= 11 is 17.9. The van der Waals surface area contributed by atoms with E-state index in [-0.39, 0.29) is 39.4 Å². The van der Waals surface area contributed by atoms with Gasteiger partial charge in [0, 0.05) is 6.54 Å². The molecule has 2 aromatic rings. The summed E-state index contributed by atoms with van der Waals surface area (Å²) in [5.41, 5.74) is -0.0159. The molecule has 0 heterocycles. The first-order valence-corrected chi connectivity index (χ1v) is 8.45. The van der Waals surface area contributed by atoms with Gasteiger partial charge in [-0.25, -0.2) is 4.39 Å². The van der Waals surface area contributed by atoms with E-state index in [9.17, 15) is 14.0 Å². The van der Waals surface area contributed by atoms with E-state index in [2.05, 4.69) is 5.32 Å². The topological polar surface area (TPSA) is 49.4 Å². The van der Waals surface area contributed by atoms with Crippen LogP contribution in [0.4, 0.5) is 10.1 Å². The molecule has 0 radical (unpaired) electrons. The highest BCUT2D eigenvalue weighted by Crippen LogP contribution is 2.29. The van der Waals surface area contributed by atoms with Crippen LogP contribution in [0.2, 0.25) is 15.1 Å². The number of rotatable bonds is 5. The van der Waals surface area contributed by atoms with E-state index in [4.69, 9.17) is 34.8 Å². The molecule has 0 bridgehead atoms. The minimum Gasteiger partial charge on any atom is -0.329 e. The van der Waals surface area contributed by atoms with E-state index in [0.29, 0.717) is 0 Å². The zero-order valence-electron chi connectivity index (χ0n) is 13.2. The van der Waals surface area contributed by atoms with E-state index >= 15 is 0 Å². The lowest BCUT2D eigenvalue weighted by molar-refractivity contribution is -0.116. The first-order chi connectivity index (χ1) is 11.8. The minimum atomic E-state index is -0.745. The average molecular weight is 404 g/mol. The number of carbonyl (C=O) groups is 2. The van der Waals surface area contributed by atoms with Crippen LogP contribution in [-0.2, 0) is 4.79 Å². The van der Waals surface area contributed by atoms with Crippen molar-refractivity contribution in [2.45, 2.75) is 6.92 Å². The van der Waals surface area contributed by atoms with Crippen molar-refractivity contribution in [1.82, 2.24) is 4.90 Å². The van der Waals surface area contributed by atoms with E-state index in [1.165, 1.54) is 17.0 Å². The monoisotopic (exact) mass is 402 g/mol. The highest BCUT2D eigenvalue weighted by molar-refractivity contribution is 6.39.